The second-order valence-corrected chi connectivity index (χ2v) is 5.73. The topological polar surface area (TPSA) is 38.0 Å². The average Bonchev–Trinajstić information content (AvgIpc) is 2.65. The Morgan fingerprint density at radius 2 is 2.11 bits per heavy atom. The van der Waals surface area contributed by atoms with Crippen LogP contribution in [0.3, 0.4) is 0 Å². The Balaban J connectivity index is 2.18. The van der Waals surface area contributed by atoms with E-state index in [0.29, 0.717) is 5.75 Å². The summed E-state index contributed by atoms with van der Waals surface area (Å²) in [5.41, 5.74) is 2.16. The van der Waals surface area contributed by atoms with Gasteiger partial charge < -0.3 is 5.11 Å². The highest BCUT2D eigenvalue weighted by Crippen LogP contribution is 2.33. The number of hydrogen-bond donors (Lipinski definition) is 1. The number of aryl methyl sites for hydroxylation is 2. The molecule has 0 aliphatic rings. The molecule has 1 N–H and O–H groups in total. The minimum absolute atomic E-state index is 0.331. The zero-order valence-corrected chi connectivity index (χ0v) is 12.8. The van der Waals surface area contributed by atoms with E-state index in [-0.39, 0.29) is 0 Å². The van der Waals surface area contributed by atoms with Crippen molar-refractivity contribution in [1.29, 1.82) is 0 Å². The van der Waals surface area contributed by atoms with Crippen molar-refractivity contribution in [1.82, 2.24) is 9.78 Å². The van der Waals surface area contributed by atoms with Crippen LogP contribution in [0.1, 0.15) is 18.3 Å². The number of para-hydroxylation sites is 1. The van der Waals surface area contributed by atoms with E-state index < -0.39 is 0 Å². The van der Waals surface area contributed by atoms with Crippen LogP contribution < -0.4 is 0 Å². The first-order chi connectivity index (χ1) is 8.63. The van der Waals surface area contributed by atoms with E-state index >= 15 is 0 Å². The highest BCUT2D eigenvalue weighted by atomic mass is 79.9. The van der Waals surface area contributed by atoms with E-state index in [1.54, 1.807) is 17.8 Å². The summed E-state index contributed by atoms with van der Waals surface area (Å²) in [5.74, 6) is 1.12. The molecule has 0 saturated heterocycles. The summed E-state index contributed by atoms with van der Waals surface area (Å²) in [4.78, 5) is 0.894. The van der Waals surface area contributed by atoms with E-state index in [2.05, 4.69) is 28.0 Å². The normalized spacial score (nSPS) is 10.8. The van der Waals surface area contributed by atoms with Crippen LogP contribution >= 0.6 is 27.7 Å². The SMILES string of the molecule is CCn1nc(C)c(Br)c1CSc1ccccc1O. The summed E-state index contributed by atoms with van der Waals surface area (Å²) in [6, 6.07) is 7.39. The molecule has 0 bridgehead atoms. The molecule has 1 heterocycles. The van der Waals surface area contributed by atoms with Crippen LogP contribution in [0.4, 0.5) is 0 Å². The van der Waals surface area contributed by atoms with Crippen LogP contribution in [0, 0.1) is 6.92 Å². The van der Waals surface area contributed by atoms with E-state index in [0.717, 1.165) is 33.1 Å². The molecule has 2 rings (SSSR count). The Kier molecular flexibility index (Phi) is 4.35. The van der Waals surface area contributed by atoms with Crippen molar-refractivity contribution in [3.05, 3.63) is 40.1 Å². The first-order valence-corrected chi connectivity index (χ1v) is 7.54. The van der Waals surface area contributed by atoms with Gasteiger partial charge in [-0.1, -0.05) is 12.1 Å². The minimum Gasteiger partial charge on any atom is -0.507 e. The van der Waals surface area contributed by atoms with Crippen molar-refractivity contribution < 1.29 is 5.11 Å². The van der Waals surface area contributed by atoms with Gasteiger partial charge in [0.1, 0.15) is 5.75 Å². The number of thioether (sulfide) groups is 1. The van der Waals surface area contributed by atoms with Crippen molar-refractivity contribution in [2.75, 3.05) is 0 Å². The van der Waals surface area contributed by atoms with Gasteiger partial charge in [-0.15, -0.1) is 11.8 Å². The number of hydrogen-bond acceptors (Lipinski definition) is 3. The number of rotatable bonds is 4. The van der Waals surface area contributed by atoms with Crippen molar-refractivity contribution in [2.24, 2.45) is 0 Å². The lowest BCUT2D eigenvalue weighted by Gasteiger charge is -2.06. The summed E-state index contributed by atoms with van der Waals surface area (Å²) in [7, 11) is 0. The summed E-state index contributed by atoms with van der Waals surface area (Å²) < 4.78 is 3.05. The molecule has 0 aliphatic heterocycles. The Hall–Kier alpha value is -0.940. The number of nitrogens with zero attached hydrogens (tertiary/aromatic N) is 2. The first-order valence-electron chi connectivity index (χ1n) is 5.76. The van der Waals surface area contributed by atoms with Gasteiger partial charge >= 0.3 is 0 Å². The number of aromatic nitrogens is 2. The maximum Gasteiger partial charge on any atom is 0.129 e. The van der Waals surface area contributed by atoms with Crippen LogP contribution in [0.2, 0.25) is 0 Å². The lowest BCUT2D eigenvalue weighted by Crippen LogP contribution is -2.01. The molecule has 1 aromatic carbocycles. The van der Waals surface area contributed by atoms with Gasteiger partial charge in [0.15, 0.2) is 0 Å². The Morgan fingerprint density at radius 1 is 1.39 bits per heavy atom. The van der Waals surface area contributed by atoms with E-state index in [9.17, 15) is 5.11 Å². The molecule has 0 atom stereocenters. The zero-order valence-electron chi connectivity index (χ0n) is 10.4. The van der Waals surface area contributed by atoms with Gasteiger partial charge in [-0.3, -0.25) is 4.68 Å². The quantitative estimate of drug-likeness (QED) is 0.864. The molecule has 5 heteroatoms. The van der Waals surface area contributed by atoms with E-state index in [1.807, 2.05) is 29.8 Å². The maximum atomic E-state index is 9.73. The molecule has 1 aromatic heterocycles. The van der Waals surface area contributed by atoms with Crippen LogP contribution in [-0.4, -0.2) is 14.9 Å². The lowest BCUT2D eigenvalue weighted by atomic mass is 10.3. The third-order valence-corrected chi connectivity index (χ3v) is 4.79. The molecular weight excluding hydrogens is 312 g/mol. The van der Waals surface area contributed by atoms with E-state index in [4.69, 9.17) is 0 Å². The fourth-order valence-electron chi connectivity index (χ4n) is 1.73. The maximum absolute atomic E-state index is 9.73. The van der Waals surface area contributed by atoms with Crippen molar-refractivity contribution in [2.45, 2.75) is 31.0 Å². The van der Waals surface area contributed by atoms with Crippen LogP contribution in [-0.2, 0) is 12.3 Å². The molecule has 0 unspecified atom stereocenters. The highest BCUT2D eigenvalue weighted by molar-refractivity contribution is 9.10. The molecule has 0 fully saturated rings. The Labute approximate surface area is 119 Å². The number of benzene rings is 1. The average molecular weight is 327 g/mol. The van der Waals surface area contributed by atoms with Crippen molar-refractivity contribution in [3.8, 4) is 5.75 Å². The monoisotopic (exact) mass is 326 g/mol. The predicted molar refractivity (Wildman–Crippen MR) is 78.0 cm³/mol. The third-order valence-electron chi connectivity index (χ3n) is 2.68. The molecule has 3 nitrogen and oxygen atoms in total. The highest BCUT2D eigenvalue weighted by Gasteiger charge is 2.12. The summed E-state index contributed by atoms with van der Waals surface area (Å²) in [6.45, 7) is 4.92. The first kappa shape index (κ1) is 13.5. The van der Waals surface area contributed by atoms with Crippen LogP contribution in [0.15, 0.2) is 33.6 Å². The van der Waals surface area contributed by atoms with Gasteiger partial charge in [-0.25, -0.2) is 0 Å². The van der Waals surface area contributed by atoms with Gasteiger partial charge in [0.05, 0.1) is 15.9 Å². The zero-order chi connectivity index (χ0) is 13.1. The smallest absolute Gasteiger partial charge is 0.129 e. The number of halogens is 1. The standard InChI is InChI=1S/C13H15BrN2OS/c1-3-16-10(13(14)9(2)15-16)8-18-12-7-5-4-6-11(12)17/h4-7,17H,3,8H2,1-2H3. The van der Waals surface area contributed by atoms with Gasteiger partial charge in [0.25, 0.3) is 0 Å². The predicted octanol–water partition coefficient (Wildman–Crippen LogP) is 3.97. The summed E-state index contributed by atoms with van der Waals surface area (Å²) in [6.07, 6.45) is 0. The molecule has 96 valence electrons. The fourth-order valence-corrected chi connectivity index (χ4v) is 3.32. The van der Waals surface area contributed by atoms with Gasteiger partial charge in [0, 0.05) is 17.2 Å². The minimum atomic E-state index is 0.331. The molecule has 0 spiro atoms. The fraction of sp³-hybridized carbons (Fsp3) is 0.308. The molecule has 2 aromatic rings. The van der Waals surface area contributed by atoms with Gasteiger partial charge in [-0.2, -0.15) is 5.10 Å². The molecule has 0 aliphatic carbocycles. The second kappa shape index (κ2) is 5.80. The summed E-state index contributed by atoms with van der Waals surface area (Å²) >= 11 is 5.19. The molecular formula is C13H15BrN2OS. The van der Waals surface area contributed by atoms with Crippen LogP contribution in [0.25, 0.3) is 0 Å². The molecule has 0 radical (unpaired) electrons. The third kappa shape index (κ3) is 2.72. The molecule has 0 saturated carbocycles. The number of aromatic hydroxyl groups is 1. The lowest BCUT2D eigenvalue weighted by molar-refractivity contribution is 0.462. The number of phenols is 1. The second-order valence-electron chi connectivity index (χ2n) is 3.92. The Morgan fingerprint density at radius 3 is 2.78 bits per heavy atom. The van der Waals surface area contributed by atoms with Gasteiger partial charge in [0.2, 0.25) is 0 Å². The van der Waals surface area contributed by atoms with Crippen LogP contribution in [0.5, 0.6) is 5.75 Å². The largest absolute Gasteiger partial charge is 0.507 e. The van der Waals surface area contributed by atoms with E-state index in [1.165, 1.54) is 0 Å². The molecule has 18 heavy (non-hydrogen) atoms. The summed E-state index contributed by atoms with van der Waals surface area (Å²) in [5, 5.41) is 14.2. The van der Waals surface area contributed by atoms with Gasteiger partial charge in [-0.05, 0) is 41.9 Å². The van der Waals surface area contributed by atoms with Crippen molar-refractivity contribution in [3.63, 3.8) is 0 Å². The molecule has 0 amide bonds. The van der Waals surface area contributed by atoms with Crippen molar-refractivity contribution >= 4 is 27.7 Å². The number of phenolic OH excluding ortho intramolecular Hbond substituents is 1. The Bertz CT molecular complexity index is 554.